The summed E-state index contributed by atoms with van der Waals surface area (Å²) in [7, 11) is 0. The lowest BCUT2D eigenvalue weighted by Crippen LogP contribution is -2.07. The molecule has 0 atom stereocenters. The zero-order valence-corrected chi connectivity index (χ0v) is 13.5. The van der Waals surface area contributed by atoms with Crippen molar-refractivity contribution in [3.8, 4) is 5.75 Å². The number of hydrogen-bond acceptors (Lipinski definition) is 5. The van der Waals surface area contributed by atoms with Gasteiger partial charge in [-0.3, -0.25) is 10.1 Å². The van der Waals surface area contributed by atoms with E-state index in [4.69, 9.17) is 16.3 Å². The summed E-state index contributed by atoms with van der Waals surface area (Å²) in [6.07, 6.45) is 0.872. The maximum absolute atomic E-state index is 11.4. The van der Waals surface area contributed by atoms with E-state index >= 15 is 0 Å². The molecule has 2 rings (SSSR count). The zero-order chi connectivity index (χ0) is 17.7. The van der Waals surface area contributed by atoms with Crippen molar-refractivity contribution in [1.29, 1.82) is 0 Å². The highest BCUT2D eigenvalue weighted by molar-refractivity contribution is 6.34. The summed E-state index contributed by atoms with van der Waals surface area (Å²) >= 11 is 5.89. The highest BCUT2D eigenvalue weighted by atomic mass is 35.5. The molecule has 0 heterocycles. The van der Waals surface area contributed by atoms with Gasteiger partial charge in [0.1, 0.15) is 17.0 Å². The second-order valence-corrected chi connectivity index (χ2v) is 5.28. The van der Waals surface area contributed by atoms with Crippen LogP contribution in [0.2, 0.25) is 5.02 Å². The summed E-state index contributed by atoms with van der Waals surface area (Å²) < 4.78 is 5.45. The van der Waals surface area contributed by atoms with Crippen molar-refractivity contribution in [1.82, 2.24) is 0 Å². The summed E-state index contributed by atoms with van der Waals surface area (Å²) in [6, 6.07) is 9.01. The van der Waals surface area contributed by atoms with Gasteiger partial charge in [-0.15, -0.1) is 0 Å². The van der Waals surface area contributed by atoms with Gasteiger partial charge in [0.05, 0.1) is 16.6 Å². The number of aromatic carboxylic acids is 1. The predicted molar refractivity (Wildman–Crippen MR) is 90.6 cm³/mol. The minimum Gasteiger partial charge on any atom is -0.494 e. The number of rotatable bonds is 7. The van der Waals surface area contributed by atoms with E-state index in [1.807, 2.05) is 6.92 Å². The SMILES string of the molecule is CCCOc1ccc(Nc2c([N+](=O)[O-])ccc(Cl)c2C(=O)O)cc1. The van der Waals surface area contributed by atoms with Crippen molar-refractivity contribution < 1.29 is 19.6 Å². The highest BCUT2D eigenvalue weighted by Crippen LogP contribution is 2.36. The lowest BCUT2D eigenvalue weighted by Gasteiger charge is -2.12. The monoisotopic (exact) mass is 350 g/mol. The average Bonchev–Trinajstić information content (AvgIpc) is 2.53. The molecule has 0 aliphatic heterocycles. The Morgan fingerprint density at radius 1 is 1.29 bits per heavy atom. The van der Waals surface area contributed by atoms with E-state index in [0.717, 1.165) is 12.5 Å². The van der Waals surface area contributed by atoms with Gasteiger partial charge in [0.15, 0.2) is 0 Å². The Bertz CT molecular complexity index is 762. The summed E-state index contributed by atoms with van der Waals surface area (Å²) in [4.78, 5) is 21.9. The smallest absolute Gasteiger partial charge is 0.339 e. The molecule has 0 spiro atoms. The van der Waals surface area contributed by atoms with Gasteiger partial charge in [0, 0.05) is 11.8 Å². The Kier molecular flexibility index (Phi) is 5.59. The van der Waals surface area contributed by atoms with E-state index in [1.54, 1.807) is 24.3 Å². The molecular formula is C16H15ClN2O5. The van der Waals surface area contributed by atoms with Gasteiger partial charge < -0.3 is 15.2 Å². The third kappa shape index (κ3) is 3.94. The van der Waals surface area contributed by atoms with Crippen molar-refractivity contribution in [2.24, 2.45) is 0 Å². The average molecular weight is 351 g/mol. The van der Waals surface area contributed by atoms with Crippen LogP contribution in [0.4, 0.5) is 17.1 Å². The molecule has 0 saturated heterocycles. The van der Waals surface area contributed by atoms with E-state index in [1.165, 1.54) is 6.07 Å². The number of benzene rings is 2. The summed E-state index contributed by atoms with van der Waals surface area (Å²) in [5, 5.41) is 23.2. The van der Waals surface area contributed by atoms with Crippen molar-refractivity contribution in [2.75, 3.05) is 11.9 Å². The van der Waals surface area contributed by atoms with Crippen LogP contribution in [0.5, 0.6) is 5.75 Å². The number of nitrogens with one attached hydrogen (secondary N) is 1. The van der Waals surface area contributed by atoms with E-state index < -0.39 is 10.9 Å². The number of nitro benzene ring substituents is 1. The minimum absolute atomic E-state index is 0.0847. The molecule has 0 fully saturated rings. The van der Waals surface area contributed by atoms with Crippen LogP contribution in [-0.2, 0) is 0 Å². The van der Waals surface area contributed by atoms with Crippen LogP contribution in [0, 0.1) is 10.1 Å². The largest absolute Gasteiger partial charge is 0.494 e. The van der Waals surface area contributed by atoms with Crippen LogP contribution in [-0.4, -0.2) is 22.6 Å². The molecule has 0 bridgehead atoms. The number of carboxylic acid groups (broad SMARTS) is 1. The van der Waals surface area contributed by atoms with Crippen LogP contribution in [0.25, 0.3) is 0 Å². The van der Waals surface area contributed by atoms with Crippen LogP contribution < -0.4 is 10.1 Å². The summed E-state index contributed by atoms with van der Waals surface area (Å²) in [5.74, 6) is -0.699. The quantitative estimate of drug-likeness (QED) is 0.564. The Balaban J connectivity index is 2.39. The topological polar surface area (TPSA) is 102 Å². The summed E-state index contributed by atoms with van der Waals surface area (Å²) in [5.41, 5.74) is -0.408. The molecule has 0 saturated carbocycles. The van der Waals surface area contributed by atoms with Crippen LogP contribution in [0.15, 0.2) is 36.4 Å². The molecular weight excluding hydrogens is 336 g/mol. The second-order valence-electron chi connectivity index (χ2n) is 4.88. The Labute approximate surface area is 143 Å². The number of halogens is 1. The molecule has 0 aliphatic carbocycles. The van der Waals surface area contributed by atoms with E-state index in [-0.39, 0.29) is 22.0 Å². The van der Waals surface area contributed by atoms with E-state index in [2.05, 4.69) is 5.32 Å². The number of nitro groups is 1. The Morgan fingerprint density at radius 2 is 1.96 bits per heavy atom. The molecule has 2 aromatic rings. The molecule has 126 valence electrons. The molecule has 8 heteroatoms. The molecule has 0 amide bonds. The number of carboxylic acids is 1. The lowest BCUT2D eigenvalue weighted by atomic mass is 10.1. The van der Waals surface area contributed by atoms with Gasteiger partial charge in [-0.25, -0.2) is 4.79 Å². The summed E-state index contributed by atoms with van der Waals surface area (Å²) in [6.45, 7) is 2.57. The predicted octanol–water partition coefficient (Wildman–Crippen LogP) is 4.48. The zero-order valence-electron chi connectivity index (χ0n) is 12.8. The van der Waals surface area contributed by atoms with Gasteiger partial charge in [0.2, 0.25) is 0 Å². The normalized spacial score (nSPS) is 10.2. The first kappa shape index (κ1) is 17.6. The second kappa shape index (κ2) is 7.65. The first-order valence-corrected chi connectivity index (χ1v) is 7.52. The third-order valence-electron chi connectivity index (χ3n) is 3.14. The number of ether oxygens (including phenoxy) is 1. The number of hydrogen-bond donors (Lipinski definition) is 2. The maximum Gasteiger partial charge on any atom is 0.339 e. The number of anilines is 2. The molecule has 2 N–H and O–H groups in total. The van der Waals surface area contributed by atoms with Crippen LogP contribution in [0.1, 0.15) is 23.7 Å². The first-order chi connectivity index (χ1) is 11.4. The third-order valence-corrected chi connectivity index (χ3v) is 3.45. The van der Waals surface area contributed by atoms with Gasteiger partial charge in [-0.05, 0) is 36.8 Å². The van der Waals surface area contributed by atoms with Crippen molar-refractivity contribution in [3.63, 3.8) is 0 Å². The maximum atomic E-state index is 11.4. The van der Waals surface area contributed by atoms with Crippen molar-refractivity contribution >= 4 is 34.6 Å². The fraction of sp³-hybridized carbons (Fsp3) is 0.188. The molecule has 0 aliphatic rings. The van der Waals surface area contributed by atoms with Crippen molar-refractivity contribution in [3.05, 3.63) is 57.1 Å². The fourth-order valence-corrected chi connectivity index (χ4v) is 2.29. The van der Waals surface area contributed by atoms with Gasteiger partial charge in [0.25, 0.3) is 5.69 Å². The molecule has 7 nitrogen and oxygen atoms in total. The molecule has 24 heavy (non-hydrogen) atoms. The van der Waals surface area contributed by atoms with Gasteiger partial charge >= 0.3 is 5.97 Å². The molecule has 2 aromatic carbocycles. The molecule has 0 radical (unpaired) electrons. The van der Waals surface area contributed by atoms with Gasteiger partial charge in [-0.2, -0.15) is 0 Å². The van der Waals surface area contributed by atoms with Gasteiger partial charge in [-0.1, -0.05) is 18.5 Å². The Morgan fingerprint density at radius 3 is 2.50 bits per heavy atom. The Hall–Kier alpha value is -2.80. The van der Waals surface area contributed by atoms with Crippen LogP contribution >= 0.6 is 11.6 Å². The first-order valence-electron chi connectivity index (χ1n) is 7.14. The minimum atomic E-state index is -1.35. The van der Waals surface area contributed by atoms with E-state index in [0.29, 0.717) is 18.0 Å². The standard InChI is InChI=1S/C16H15ClN2O5/c1-2-9-24-11-5-3-10(4-6-11)18-15-13(19(22)23)8-7-12(17)14(15)16(20)21/h3-8,18H,2,9H2,1H3,(H,20,21). The van der Waals surface area contributed by atoms with Crippen molar-refractivity contribution in [2.45, 2.75) is 13.3 Å². The lowest BCUT2D eigenvalue weighted by molar-refractivity contribution is -0.383. The number of carbonyl (C=O) groups is 1. The van der Waals surface area contributed by atoms with E-state index in [9.17, 15) is 20.0 Å². The molecule has 0 unspecified atom stereocenters. The molecule has 0 aromatic heterocycles. The number of nitrogens with zero attached hydrogens (tertiary/aromatic N) is 1. The van der Waals surface area contributed by atoms with Crippen LogP contribution in [0.3, 0.4) is 0 Å². The fourth-order valence-electron chi connectivity index (χ4n) is 2.05. The highest BCUT2D eigenvalue weighted by Gasteiger charge is 2.24.